The second-order valence-electron chi connectivity index (χ2n) is 4.64. The van der Waals surface area contributed by atoms with Crippen molar-refractivity contribution in [1.82, 2.24) is 0 Å². The number of unbranched alkanes of at least 4 members (excludes halogenated alkanes) is 1. The van der Waals surface area contributed by atoms with E-state index in [4.69, 9.17) is 4.74 Å². The molecule has 1 aromatic rings. The molecule has 1 rings (SSSR count). The standard InChI is InChI=1S/C15H22BrFO/c1-3-5-7-12(4-2)10-18-11-13-8-6-9-14(17)15(13)16/h6,8-9,12H,3-5,7,10-11H2,1-2H3. The van der Waals surface area contributed by atoms with E-state index in [1.54, 1.807) is 6.07 Å². The van der Waals surface area contributed by atoms with Crippen LogP contribution in [0, 0.1) is 11.7 Å². The van der Waals surface area contributed by atoms with E-state index >= 15 is 0 Å². The number of benzene rings is 1. The van der Waals surface area contributed by atoms with Crippen molar-refractivity contribution in [2.75, 3.05) is 6.61 Å². The third-order valence-electron chi connectivity index (χ3n) is 3.19. The van der Waals surface area contributed by atoms with Crippen LogP contribution in [-0.2, 0) is 11.3 Å². The Kier molecular flexibility index (Phi) is 7.52. The molecule has 0 heterocycles. The van der Waals surface area contributed by atoms with Gasteiger partial charge >= 0.3 is 0 Å². The van der Waals surface area contributed by atoms with Crippen molar-refractivity contribution in [2.24, 2.45) is 5.92 Å². The van der Waals surface area contributed by atoms with Crippen LogP contribution in [0.5, 0.6) is 0 Å². The highest BCUT2D eigenvalue weighted by atomic mass is 79.9. The molecule has 1 nitrogen and oxygen atoms in total. The van der Waals surface area contributed by atoms with Gasteiger partial charge in [-0.2, -0.15) is 0 Å². The Balaban J connectivity index is 2.38. The summed E-state index contributed by atoms with van der Waals surface area (Å²) in [7, 11) is 0. The molecule has 102 valence electrons. The second-order valence-corrected chi connectivity index (χ2v) is 5.44. The minimum absolute atomic E-state index is 0.228. The summed E-state index contributed by atoms with van der Waals surface area (Å²) in [5, 5.41) is 0. The van der Waals surface area contributed by atoms with E-state index in [1.807, 2.05) is 6.07 Å². The molecule has 0 saturated carbocycles. The van der Waals surface area contributed by atoms with Gasteiger partial charge in [0.05, 0.1) is 11.1 Å². The third kappa shape index (κ3) is 5.07. The van der Waals surface area contributed by atoms with E-state index in [9.17, 15) is 4.39 Å². The van der Waals surface area contributed by atoms with Crippen LogP contribution < -0.4 is 0 Å². The Labute approximate surface area is 118 Å². The highest BCUT2D eigenvalue weighted by molar-refractivity contribution is 9.10. The molecule has 0 bridgehead atoms. The van der Waals surface area contributed by atoms with Crippen molar-refractivity contribution in [1.29, 1.82) is 0 Å². The molecule has 18 heavy (non-hydrogen) atoms. The summed E-state index contributed by atoms with van der Waals surface area (Å²) in [6.45, 7) is 5.64. The SMILES string of the molecule is CCCCC(CC)COCc1cccc(F)c1Br. The first-order valence-electron chi connectivity index (χ1n) is 6.69. The predicted octanol–water partition coefficient (Wildman–Crippen LogP) is 5.32. The molecule has 3 heteroatoms. The van der Waals surface area contributed by atoms with Crippen LogP contribution in [0.4, 0.5) is 4.39 Å². The molecular weight excluding hydrogens is 295 g/mol. The highest BCUT2D eigenvalue weighted by Crippen LogP contribution is 2.21. The first kappa shape index (κ1) is 15.6. The smallest absolute Gasteiger partial charge is 0.137 e. The minimum Gasteiger partial charge on any atom is -0.376 e. The van der Waals surface area contributed by atoms with Gasteiger partial charge in [-0.3, -0.25) is 0 Å². The van der Waals surface area contributed by atoms with Crippen molar-refractivity contribution in [3.05, 3.63) is 34.1 Å². The molecule has 0 amide bonds. The largest absolute Gasteiger partial charge is 0.376 e. The second kappa shape index (κ2) is 8.65. The Bertz CT molecular complexity index is 354. The zero-order chi connectivity index (χ0) is 13.4. The van der Waals surface area contributed by atoms with Crippen LogP contribution in [0.2, 0.25) is 0 Å². The molecule has 0 fully saturated rings. The van der Waals surface area contributed by atoms with Gasteiger partial charge < -0.3 is 4.74 Å². The normalized spacial score (nSPS) is 12.7. The molecule has 0 aliphatic heterocycles. The average Bonchev–Trinajstić information content (AvgIpc) is 2.38. The molecule has 0 saturated heterocycles. The molecule has 1 atom stereocenters. The van der Waals surface area contributed by atoms with Crippen molar-refractivity contribution >= 4 is 15.9 Å². The molecule has 1 unspecified atom stereocenters. The van der Waals surface area contributed by atoms with Gasteiger partial charge in [-0.15, -0.1) is 0 Å². The lowest BCUT2D eigenvalue weighted by Crippen LogP contribution is -2.09. The quantitative estimate of drug-likeness (QED) is 0.630. The van der Waals surface area contributed by atoms with Gasteiger partial charge in [-0.25, -0.2) is 4.39 Å². The summed E-state index contributed by atoms with van der Waals surface area (Å²) in [6.07, 6.45) is 4.85. The number of rotatable bonds is 8. The molecule has 0 radical (unpaired) electrons. The van der Waals surface area contributed by atoms with Gasteiger partial charge in [0.1, 0.15) is 5.82 Å². The monoisotopic (exact) mass is 316 g/mol. The Morgan fingerprint density at radius 2 is 2.11 bits per heavy atom. The van der Waals surface area contributed by atoms with Gasteiger partial charge in [0.2, 0.25) is 0 Å². The third-order valence-corrected chi connectivity index (χ3v) is 4.07. The number of hydrogen-bond donors (Lipinski definition) is 0. The fourth-order valence-corrected chi connectivity index (χ4v) is 2.27. The lowest BCUT2D eigenvalue weighted by molar-refractivity contribution is 0.0815. The van der Waals surface area contributed by atoms with E-state index in [2.05, 4.69) is 29.8 Å². The summed E-state index contributed by atoms with van der Waals surface area (Å²) in [5.74, 6) is 0.395. The summed E-state index contributed by atoms with van der Waals surface area (Å²) in [6, 6.07) is 5.05. The fourth-order valence-electron chi connectivity index (χ4n) is 1.89. The van der Waals surface area contributed by atoms with Crippen LogP contribution in [0.25, 0.3) is 0 Å². The van der Waals surface area contributed by atoms with E-state index < -0.39 is 0 Å². The summed E-state index contributed by atoms with van der Waals surface area (Å²) in [5.41, 5.74) is 0.875. The topological polar surface area (TPSA) is 9.23 Å². The van der Waals surface area contributed by atoms with Gasteiger partial charge in [-0.05, 0) is 39.9 Å². The average molecular weight is 317 g/mol. The van der Waals surface area contributed by atoms with Crippen LogP contribution >= 0.6 is 15.9 Å². The Morgan fingerprint density at radius 3 is 2.78 bits per heavy atom. The summed E-state index contributed by atoms with van der Waals surface area (Å²) >= 11 is 3.25. The number of hydrogen-bond acceptors (Lipinski definition) is 1. The van der Waals surface area contributed by atoms with E-state index in [0.29, 0.717) is 17.0 Å². The summed E-state index contributed by atoms with van der Waals surface area (Å²) in [4.78, 5) is 0. The lowest BCUT2D eigenvalue weighted by Gasteiger charge is -2.15. The molecular formula is C15H22BrFO. The maximum Gasteiger partial charge on any atom is 0.137 e. The molecule has 0 N–H and O–H groups in total. The van der Waals surface area contributed by atoms with E-state index in [-0.39, 0.29) is 5.82 Å². The first-order valence-corrected chi connectivity index (χ1v) is 7.48. The maximum absolute atomic E-state index is 13.3. The fraction of sp³-hybridized carbons (Fsp3) is 0.600. The van der Waals surface area contributed by atoms with Gasteiger partial charge in [-0.1, -0.05) is 45.2 Å². The first-order chi connectivity index (χ1) is 8.69. The molecule has 1 aromatic carbocycles. The molecule has 0 aliphatic carbocycles. The van der Waals surface area contributed by atoms with Gasteiger partial charge in [0.15, 0.2) is 0 Å². The lowest BCUT2D eigenvalue weighted by atomic mass is 10.0. The minimum atomic E-state index is -0.228. The zero-order valence-corrected chi connectivity index (χ0v) is 12.8. The van der Waals surface area contributed by atoms with Gasteiger partial charge in [0, 0.05) is 6.61 Å². The highest BCUT2D eigenvalue weighted by Gasteiger charge is 2.08. The van der Waals surface area contributed by atoms with E-state index in [1.165, 1.54) is 25.3 Å². The number of ether oxygens (including phenoxy) is 1. The van der Waals surface area contributed by atoms with E-state index in [0.717, 1.165) is 18.6 Å². The molecule has 0 spiro atoms. The predicted molar refractivity (Wildman–Crippen MR) is 77.1 cm³/mol. The molecule has 0 aromatic heterocycles. The van der Waals surface area contributed by atoms with Crippen molar-refractivity contribution in [3.63, 3.8) is 0 Å². The zero-order valence-electron chi connectivity index (χ0n) is 11.2. The van der Waals surface area contributed by atoms with Crippen LogP contribution in [0.3, 0.4) is 0 Å². The van der Waals surface area contributed by atoms with Gasteiger partial charge in [0.25, 0.3) is 0 Å². The maximum atomic E-state index is 13.3. The summed E-state index contributed by atoms with van der Waals surface area (Å²) < 4.78 is 19.5. The number of halogens is 2. The molecule has 0 aliphatic rings. The Hall–Kier alpha value is -0.410. The Morgan fingerprint density at radius 1 is 1.33 bits per heavy atom. The van der Waals surface area contributed by atoms with Crippen LogP contribution in [0.15, 0.2) is 22.7 Å². The van der Waals surface area contributed by atoms with Crippen molar-refractivity contribution in [2.45, 2.75) is 46.1 Å². The van der Waals surface area contributed by atoms with Crippen molar-refractivity contribution in [3.8, 4) is 0 Å². The van der Waals surface area contributed by atoms with Crippen molar-refractivity contribution < 1.29 is 9.13 Å². The van der Waals surface area contributed by atoms with Crippen LogP contribution in [0.1, 0.15) is 45.1 Å². The van der Waals surface area contributed by atoms with Crippen LogP contribution in [-0.4, -0.2) is 6.61 Å².